The summed E-state index contributed by atoms with van der Waals surface area (Å²) in [5.41, 5.74) is 2.39. The summed E-state index contributed by atoms with van der Waals surface area (Å²) in [4.78, 5) is 23.9. The fourth-order valence-electron chi connectivity index (χ4n) is 2.54. The van der Waals surface area contributed by atoms with E-state index >= 15 is 0 Å². The van der Waals surface area contributed by atoms with Crippen molar-refractivity contribution in [3.8, 4) is 11.3 Å². The van der Waals surface area contributed by atoms with Crippen LogP contribution < -0.4 is 11.1 Å². The number of carbonyl (C=O) groups is 1. The van der Waals surface area contributed by atoms with Gasteiger partial charge in [-0.1, -0.05) is 16.8 Å². The maximum atomic E-state index is 12.4. The van der Waals surface area contributed by atoms with Crippen molar-refractivity contribution in [2.45, 2.75) is 0 Å². The van der Waals surface area contributed by atoms with Crippen molar-refractivity contribution >= 4 is 34.3 Å². The average molecular weight is 370 g/mol. The zero-order valence-electron chi connectivity index (χ0n) is 13.5. The minimum Gasteiger partial charge on any atom is -0.408 e. The van der Waals surface area contributed by atoms with Gasteiger partial charge < -0.3 is 14.3 Å². The average Bonchev–Trinajstić information content (AvgIpc) is 3.21. The van der Waals surface area contributed by atoms with E-state index in [4.69, 9.17) is 20.5 Å². The lowest BCUT2D eigenvalue weighted by atomic mass is 10.1. The zero-order valence-corrected chi connectivity index (χ0v) is 14.3. The summed E-state index contributed by atoms with van der Waals surface area (Å²) in [5, 5.41) is 7.10. The van der Waals surface area contributed by atoms with E-state index in [0.29, 0.717) is 27.6 Å². The second kappa shape index (κ2) is 6.20. The van der Waals surface area contributed by atoms with Gasteiger partial charge in [0.05, 0.1) is 5.52 Å². The Balaban J connectivity index is 1.57. The second-order valence-corrected chi connectivity index (χ2v) is 6.08. The van der Waals surface area contributed by atoms with Crippen LogP contribution in [0, 0.1) is 0 Å². The lowest BCUT2D eigenvalue weighted by molar-refractivity contribution is 0.101. The number of fused-ring (bicyclic) bond motifs is 1. The maximum absolute atomic E-state index is 12.4. The number of hydrogen-bond donors (Lipinski definition) is 1. The highest BCUT2D eigenvalue weighted by molar-refractivity contribution is 6.30. The molecular weight excluding hydrogens is 358 g/mol. The molecule has 26 heavy (non-hydrogen) atoms. The van der Waals surface area contributed by atoms with E-state index in [1.165, 1.54) is 4.57 Å². The Morgan fingerprint density at radius 2 is 1.92 bits per heavy atom. The van der Waals surface area contributed by atoms with E-state index in [-0.39, 0.29) is 5.69 Å². The molecule has 0 spiro atoms. The summed E-state index contributed by atoms with van der Waals surface area (Å²) in [6.45, 7) is 0. The van der Waals surface area contributed by atoms with Crippen molar-refractivity contribution in [1.29, 1.82) is 0 Å². The molecule has 0 radical (unpaired) electrons. The number of rotatable bonds is 3. The third kappa shape index (κ3) is 2.89. The van der Waals surface area contributed by atoms with Gasteiger partial charge in [-0.2, -0.15) is 0 Å². The summed E-state index contributed by atoms with van der Waals surface area (Å²) < 4.78 is 11.7. The van der Waals surface area contributed by atoms with Crippen LogP contribution in [-0.4, -0.2) is 15.6 Å². The first-order valence-corrected chi connectivity index (χ1v) is 8.02. The van der Waals surface area contributed by atoms with Gasteiger partial charge in [-0.05, 0) is 36.4 Å². The highest BCUT2D eigenvalue weighted by atomic mass is 35.5. The Labute approximate surface area is 151 Å². The number of carbonyl (C=O) groups excluding carboxylic acids is 1. The minimum absolute atomic E-state index is 0.129. The number of nitrogens with zero attached hydrogens (tertiary/aromatic N) is 2. The second-order valence-electron chi connectivity index (χ2n) is 5.65. The molecule has 2 heterocycles. The predicted octanol–water partition coefficient (Wildman–Crippen LogP) is 3.69. The Morgan fingerprint density at radius 1 is 1.15 bits per heavy atom. The lowest BCUT2D eigenvalue weighted by Gasteiger charge is -2.02. The molecule has 8 heteroatoms. The predicted molar refractivity (Wildman–Crippen MR) is 96.4 cm³/mol. The third-order valence-electron chi connectivity index (χ3n) is 3.92. The molecule has 130 valence electrons. The van der Waals surface area contributed by atoms with Gasteiger partial charge >= 0.3 is 5.76 Å². The van der Waals surface area contributed by atoms with Crippen molar-refractivity contribution in [2.75, 3.05) is 5.32 Å². The number of nitrogens with one attached hydrogen (secondary N) is 1. The van der Waals surface area contributed by atoms with E-state index in [2.05, 4.69) is 10.5 Å². The Bertz CT molecular complexity index is 1170. The summed E-state index contributed by atoms with van der Waals surface area (Å²) in [5.74, 6) is -0.449. The molecule has 1 amide bonds. The van der Waals surface area contributed by atoms with Gasteiger partial charge in [0.15, 0.2) is 17.0 Å². The fourth-order valence-corrected chi connectivity index (χ4v) is 2.67. The van der Waals surface area contributed by atoms with Crippen LogP contribution in [0.3, 0.4) is 0 Å². The van der Waals surface area contributed by atoms with Crippen molar-refractivity contribution in [1.82, 2.24) is 9.72 Å². The molecule has 0 fully saturated rings. The SMILES string of the molecule is Cn1c(=O)oc2cc(NC(=O)c3cc(-c4ccc(Cl)cc4)on3)ccc21. The Hall–Kier alpha value is -3.32. The zero-order chi connectivity index (χ0) is 18.3. The number of aromatic nitrogens is 2. The van der Waals surface area contributed by atoms with Crippen LogP contribution >= 0.6 is 11.6 Å². The van der Waals surface area contributed by atoms with Crippen LogP contribution in [0.4, 0.5) is 5.69 Å². The van der Waals surface area contributed by atoms with Gasteiger partial charge in [-0.25, -0.2) is 4.79 Å². The topological polar surface area (TPSA) is 90.3 Å². The van der Waals surface area contributed by atoms with E-state index in [0.717, 1.165) is 5.56 Å². The third-order valence-corrected chi connectivity index (χ3v) is 4.17. The van der Waals surface area contributed by atoms with Crippen LogP contribution in [0.2, 0.25) is 5.02 Å². The van der Waals surface area contributed by atoms with Crippen LogP contribution in [0.25, 0.3) is 22.4 Å². The minimum atomic E-state index is -0.465. The highest BCUT2D eigenvalue weighted by Gasteiger charge is 2.15. The highest BCUT2D eigenvalue weighted by Crippen LogP contribution is 2.23. The first-order chi connectivity index (χ1) is 12.5. The van der Waals surface area contributed by atoms with Crippen molar-refractivity contribution in [3.05, 3.63) is 69.8 Å². The largest absolute Gasteiger partial charge is 0.419 e. The monoisotopic (exact) mass is 369 g/mol. The molecule has 0 aliphatic carbocycles. The maximum Gasteiger partial charge on any atom is 0.419 e. The lowest BCUT2D eigenvalue weighted by Crippen LogP contribution is -2.12. The number of benzene rings is 2. The van der Waals surface area contributed by atoms with Gasteiger partial charge in [-0.3, -0.25) is 9.36 Å². The van der Waals surface area contributed by atoms with Crippen molar-refractivity contribution < 1.29 is 13.7 Å². The van der Waals surface area contributed by atoms with Crippen LogP contribution in [-0.2, 0) is 7.05 Å². The molecule has 2 aromatic carbocycles. The standard InChI is InChI=1S/C18H12ClN3O4/c1-22-14-7-6-12(8-16(14)25-18(22)24)20-17(23)13-9-15(26-21-13)10-2-4-11(19)5-3-10/h2-9H,1H3,(H,20,23). The van der Waals surface area contributed by atoms with E-state index in [1.54, 1.807) is 55.6 Å². The van der Waals surface area contributed by atoms with Gasteiger partial charge in [0.2, 0.25) is 0 Å². The molecule has 1 N–H and O–H groups in total. The fraction of sp³-hybridized carbons (Fsp3) is 0.0556. The summed E-state index contributed by atoms with van der Waals surface area (Å²) >= 11 is 5.86. The van der Waals surface area contributed by atoms with Gasteiger partial charge in [0.25, 0.3) is 5.91 Å². The molecule has 0 saturated carbocycles. The molecule has 0 bridgehead atoms. The molecule has 0 unspecified atom stereocenters. The van der Waals surface area contributed by atoms with E-state index in [9.17, 15) is 9.59 Å². The van der Waals surface area contributed by atoms with E-state index in [1.807, 2.05) is 0 Å². The molecule has 0 saturated heterocycles. The summed E-state index contributed by atoms with van der Waals surface area (Å²) in [6, 6.07) is 13.5. The van der Waals surface area contributed by atoms with Crippen LogP contribution in [0.1, 0.15) is 10.5 Å². The van der Waals surface area contributed by atoms with Crippen LogP contribution in [0.5, 0.6) is 0 Å². The molecule has 7 nitrogen and oxygen atoms in total. The molecule has 4 aromatic rings. The van der Waals surface area contributed by atoms with Crippen LogP contribution in [0.15, 0.2) is 62.3 Å². The molecule has 0 atom stereocenters. The quantitative estimate of drug-likeness (QED) is 0.594. The van der Waals surface area contributed by atoms with Gasteiger partial charge in [-0.15, -0.1) is 0 Å². The molecule has 0 aliphatic rings. The normalized spacial score (nSPS) is 11.0. The van der Waals surface area contributed by atoms with Gasteiger partial charge in [0.1, 0.15) is 0 Å². The number of amides is 1. The molecular formula is C18H12ClN3O4. The molecule has 0 aliphatic heterocycles. The molecule has 2 aromatic heterocycles. The Morgan fingerprint density at radius 3 is 2.69 bits per heavy atom. The number of hydrogen-bond acceptors (Lipinski definition) is 5. The smallest absolute Gasteiger partial charge is 0.408 e. The first kappa shape index (κ1) is 16.2. The van der Waals surface area contributed by atoms with Crippen molar-refractivity contribution in [3.63, 3.8) is 0 Å². The number of anilines is 1. The first-order valence-electron chi connectivity index (χ1n) is 7.65. The summed E-state index contributed by atoms with van der Waals surface area (Å²) in [7, 11) is 1.61. The Kier molecular flexibility index (Phi) is 3.85. The molecule has 4 rings (SSSR count). The number of halogens is 1. The number of aryl methyl sites for hydroxylation is 1. The van der Waals surface area contributed by atoms with Crippen molar-refractivity contribution in [2.24, 2.45) is 7.05 Å². The van der Waals surface area contributed by atoms with Gasteiger partial charge in [0, 0.05) is 35.5 Å². The number of oxazole rings is 1. The van der Waals surface area contributed by atoms with E-state index < -0.39 is 11.7 Å². The summed E-state index contributed by atoms with van der Waals surface area (Å²) in [6.07, 6.45) is 0.